The van der Waals surface area contributed by atoms with Crippen molar-refractivity contribution in [1.82, 2.24) is 0 Å². The Morgan fingerprint density at radius 3 is 1.65 bits per heavy atom. The Morgan fingerprint density at radius 1 is 0.900 bits per heavy atom. The zero-order valence-electron chi connectivity index (χ0n) is 12.1. The Hall–Kier alpha value is -1.67. The number of benzene rings is 2. The van der Waals surface area contributed by atoms with E-state index in [0.29, 0.717) is 23.5 Å². The predicted molar refractivity (Wildman–Crippen MR) is 82.2 cm³/mol. The minimum atomic E-state index is -1.65. The zero-order chi connectivity index (χ0) is 14.6. The van der Waals surface area contributed by atoms with E-state index in [1.54, 1.807) is 0 Å². The lowest BCUT2D eigenvalue weighted by Crippen LogP contribution is -2.43. The first-order chi connectivity index (χ1) is 9.55. The van der Waals surface area contributed by atoms with E-state index in [1.807, 2.05) is 60.7 Å². The van der Waals surface area contributed by atoms with Gasteiger partial charge in [0.25, 0.3) is 0 Å². The Labute approximate surface area is 120 Å². The first-order valence-electron chi connectivity index (χ1n) is 7.10. The van der Waals surface area contributed by atoms with Crippen molar-refractivity contribution in [3.05, 3.63) is 71.8 Å². The molecule has 2 aromatic carbocycles. The van der Waals surface area contributed by atoms with E-state index in [9.17, 15) is 0 Å². The molecule has 0 amide bonds. The summed E-state index contributed by atoms with van der Waals surface area (Å²) in [6.07, 6.45) is 0.639. The third-order valence-electron chi connectivity index (χ3n) is 3.62. The molecule has 0 unspecified atom stereocenters. The van der Waals surface area contributed by atoms with Crippen LogP contribution in [0.4, 0.5) is 4.39 Å². The van der Waals surface area contributed by atoms with Gasteiger partial charge < -0.3 is 5.73 Å². The van der Waals surface area contributed by atoms with Crippen LogP contribution in [0.25, 0.3) is 0 Å². The van der Waals surface area contributed by atoms with Crippen molar-refractivity contribution in [2.24, 2.45) is 11.7 Å². The van der Waals surface area contributed by atoms with Gasteiger partial charge in [-0.3, -0.25) is 0 Å². The summed E-state index contributed by atoms with van der Waals surface area (Å²) in [4.78, 5) is 0. The van der Waals surface area contributed by atoms with Gasteiger partial charge in [-0.05, 0) is 23.5 Å². The molecule has 1 nitrogen and oxygen atoms in total. The van der Waals surface area contributed by atoms with E-state index in [4.69, 9.17) is 5.73 Å². The van der Waals surface area contributed by atoms with Gasteiger partial charge >= 0.3 is 0 Å². The van der Waals surface area contributed by atoms with Crippen LogP contribution in [0.15, 0.2) is 60.7 Å². The average Bonchev–Trinajstić information content (AvgIpc) is 2.47. The topological polar surface area (TPSA) is 26.0 Å². The van der Waals surface area contributed by atoms with Crippen LogP contribution < -0.4 is 5.73 Å². The highest BCUT2D eigenvalue weighted by Gasteiger charge is 2.40. The van der Waals surface area contributed by atoms with E-state index in [1.165, 1.54) is 0 Å². The fourth-order valence-electron chi connectivity index (χ4n) is 2.63. The third-order valence-corrected chi connectivity index (χ3v) is 3.62. The van der Waals surface area contributed by atoms with Gasteiger partial charge in [-0.1, -0.05) is 74.5 Å². The molecule has 0 aliphatic carbocycles. The molecule has 20 heavy (non-hydrogen) atoms. The first kappa shape index (κ1) is 14.7. The molecule has 0 aromatic heterocycles. The van der Waals surface area contributed by atoms with Gasteiger partial charge in [0.2, 0.25) is 0 Å². The molecule has 2 rings (SSSR count). The summed E-state index contributed by atoms with van der Waals surface area (Å²) in [7, 11) is 0. The molecule has 2 N–H and O–H groups in total. The number of hydrogen-bond donors (Lipinski definition) is 1. The van der Waals surface area contributed by atoms with Crippen molar-refractivity contribution in [3.8, 4) is 0 Å². The first-order valence-corrected chi connectivity index (χ1v) is 7.10. The summed E-state index contributed by atoms with van der Waals surface area (Å²) < 4.78 is 15.9. The van der Waals surface area contributed by atoms with Crippen LogP contribution in [-0.4, -0.2) is 6.04 Å². The normalized spacial score (nSPS) is 13.4. The van der Waals surface area contributed by atoms with Gasteiger partial charge in [0.05, 0.1) is 0 Å². The summed E-state index contributed by atoms with van der Waals surface area (Å²) >= 11 is 0. The quantitative estimate of drug-likeness (QED) is 0.863. The molecule has 0 bridgehead atoms. The molecule has 0 saturated carbocycles. The summed E-state index contributed by atoms with van der Waals surface area (Å²) in [5, 5.41) is 0. The molecule has 0 saturated heterocycles. The molecule has 106 valence electrons. The lowest BCUT2D eigenvalue weighted by Gasteiger charge is -2.33. The minimum Gasteiger partial charge on any atom is -0.324 e. The monoisotopic (exact) mass is 271 g/mol. The van der Waals surface area contributed by atoms with Crippen LogP contribution in [0.3, 0.4) is 0 Å². The smallest absolute Gasteiger partial charge is 0.176 e. The summed E-state index contributed by atoms with van der Waals surface area (Å²) in [5.74, 6) is 0.354. The van der Waals surface area contributed by atoms with Crippen LogP contribution in [0.2, 0.25) is 0 Å². The lowest BCUT2D eigenvalue weighted by atomic mass is 9.79. The predicted octanol–water partition coefficient (Wildman–Crippen LogP) is 4.27. The maximum absolute atomic E-state index is 15.9. The number of nitrogens with two attached hydrogens (primary N) is 1. The van der Waals surface area contributed by atoms with Gasteiger partial charge in [0.15, 0.2) is 5.67 Å². The van der Waals surface area contributed by atoms with Crippen molar-refractivity contribution >= 4 is 0 Å². The average molecular weight is 271 g/mol. The molecular weight excluding hydrogens is 249 g/mol. The van der Waals surface area contributed by atoms with E-state index in [-0.39, 0.29) is 0 Å². The van der Waals surface area contributed by atoms with Crippen molar-refractivity contribution < 1.29 is 4.39 Å². The van der Waals surface area contributed by atoms with Crippen LogP contribution in [-0.2, 0) is 5.67 Å². The van der Waals surface area contributed by atoms with Crippen molar-refractivity contribution in [1.29, 1.82) is 0 Å². The number of rotatable bonds is 5. The molecule has 1 atom stereocenters. The number of alkyl halides is 1. The van der Waals surface area contributed by atoms with Gasteiger partial charge in [-0.25, -0.2) is 4.39 Å². The summed E-state index contributed by atoms with van der Waals surface area (Å²) in [6, 6.07) is 17.9. The van der Waals surface area contributed by atoms with E-state index >= 15 is 4.39 Å². The molecule has 0 fully saturated rings. The molecule has 0 spiro atoms. The second-order valence-corrected chi connectivity index (χ2v) is 5.68. The van der Waals surface area contributed by atoms with Crippen molar-refractivity contribution in [3.63, 3.8) is 0 Å². The third kappa shape index (κ3) is 2.91. The second-order valence-electron chi connectivity index (χ2n) is 5.68. The zero-order valence-corrected chi connectivity index (χ0v) is 12.1. The van der Waals surface area contributed by atoms with E-state index < -0.39 is 11.7 Å². The van der Waals surface area contributed by atoms with E-state index in [0.717, 1.165) is 0 Å². The highest BCUT2D eigenvalue weighted by Crippen LogP contribution is 2.38. The molecule has 0 heterocycles. The molecule has 2 heteroatoms. The summed E-state index contributed by atoms with van der Waals surface area (Å²) in [6.45, 7) is 4.13. The van der Waals surface area contributed by atoms with Gasteiger partial charge in [-0.2, -0.15) is 0 Å². The highest BCUT2D eigenvalue weighted by molar-refractivity contribution is 5.38. The molecule has 2 aromatic rings. The fourth-order valence-corrected chi connectivity index (χ4v) is 2.63. The van der Waals surface area contributed by atoms with Crippen LogP contribution in [0.5, 0.6) is 0 Å². The Bertz CT molecular complexity index is 482. The Morgan fingerprint density at radius 2 is 1.30 bits per heavy atom. The Kier molecular flexibility index (Phi) is 4.56. The van der Waals surface area contributed by atoms with Crippen LogP contribution >= 0.6 is 0 Å². The van der Waals surface area contributed by atoms with Gasteiger partial charge in [0.1, 0.15) is 0 Å². The summed E-state index contributed by atoms with van der Waals surface area (Å²) in [5.41, 5.74) is 5.84. The SMILES string of the molecule is CC(C)C[C@@H](N)C(F)(c1ccccc1)c1ccccc1. The fraction of sp³-hybridized carbons (Fsp3) is 0.333. The van der Waals surface area contributed by atoms with E-state index in [2.05, 4.69) is 13.8 Å². The maximum atomic E-state index is 15.9. The standard InChI is InChI=1S/C18H22FN/c1-14(2)13-17(20)18(19,15-9-5-3-6-10-15)16-11-7-4-8-12-16/h3-12,14,17H,13,20H2,1-2H3/t17-/m1/s1. The van der Waals surface area contributed by atoms with Gasteiger partial charge in [-0.15, -0.1) is 0 Å². The van der Waals surface area contributed by atoms with Gasteiger partial charge in [0, 0.05) is 6.04 Å². The molecule has 0 aliphatic heterocycles. The van der Waals surface area contributed by atoms with Crippen LogP contribution in [0, 0.1) is 5.92 Å². The Balaban J connectivity index is 2.49. The van der Waals surface area contributed by atoms with Crippen molar-refractivity contribution in [2.75, 3.05) is 0 Å². The molecular formula is C18H22FN. The maximum Gasteiger partial charge on any atom is 0.176 e. The minimum absolute atomic E-state index is 0.354. The molecule has 0 radical (unpaired) electrons. The largest absolute Gasteiger partial charge is 0.324 e. The highest BCUT2D eigenvalue weighted by atomic mass is 19.1. The number of hydrogen-bond acceptors (Lipinski definition) is 1. The van der Waals surface area contributed by atoms with Crippen molar-refractivity contribution in [2.45, 2.75) is 32.0 Å². The lowest BCUT2D eigenvalue weighted by molar-refractivity contribution is 0.160. The molecule has 0 aliphatic rings. The number of halogens is 1. The van der Waals surface area contributed by atoms with Crippen LogP contribution in [0.1, 0.15) is 31.4 Å². The second kappa shape index (κ2) is 6.19.